The molecule has 1 aliphatic rings. The Labute approximate surface area is 175 Å². The predicted octanol–water partition coefficient (Wildman–Crippen LogP) is 3.74. The molecule has 0 atom stereocenters. The number of nitrogens with zero attached hydrogens (tertiary/aromatic N) is 6. The van der Waals surface area contributed by atoms with Crippen LogP contribution in [-0.2, 0) is 5.75 Å². The Kier molecular flexibility index (Phi) is 6.01. The zero-order chi connectivity index (χ0) is 19.3. The minimum Gasteiger partial charge on any atom is -0.337 e. The van der Waals surface area contributed by atoms with E-state index in [1.807, 2.05) is 29.2 Å². The summed E-state index contributed by atoms with van der Waals surface area (Å²) in [5.74, 6) is 0.453. The van der Waals surface area contributed by atoms with Crippen molar-refractivity contribution in [3.63, 3.8) is 0 Å². The quantitative estimate of drug-likeness (QED) is 0.428. The zero-order valence-electron chi connectivity index (χ0n) is 15.2. The van der Waals surface area contributed by atoms with Crippen molar-refractivity contribution < 1.29 is 4.79 Å². The van der Waals surface area contributed by atoms with Gasteiger partial charge >= 0.3 is 0 Å². The number of hydrogen-bond donors (Lipinski definition) is 0. The van der Waals surface area contributed by atoms with Crippen molar-refractivity contribution in [3.05, 3.63) is 58.6 Å². The van der Waals surface area contributed by atoms with Gasteiger partial charge in [0.05, 0.1) is 11.4 Å². The summed E-state index contributed by atoms with van der Waals surface area (Å²) in [6.07, 6.45) is 6.66. The third-order valence-electron chi connectivity index (χ3n) is 4.56. The molecule has 0 saturated carbocycles. The van der Waals surface area contributed by atoms with E-state index in [-0.39, 0.29) is 5.91 Å². The molecule has 1 aliphatic heterocycles. The molecule has 1 amide bonds. The number of benzene rings is 1. The molecule has 7 nitrogen and oxygen atoms in total. The number of carbonyl (C=O) groups is 1. The standard InChI is InChI=1S/C19H19BrN6OS/c20-14-5-7-15(8-6-14)26-16(13-28-19-21-9-4-10-22-19)17(23-24-26)18(27)25-11-2-1-3-12-25/h4-10H,1-3,11-13H2. The van der Waals surface area contributed by atoms with Gasteiger partial charge in [0.15, 0.2) is 10.9 Å². The van der Waals surface area contributed by atoms with Crippen LogP contribution in [0.25, 0.3) is 5.69 Å². The van der Waals surface area contributed by atoms with Gasteiger partial charge in [-0.1, -0.05) is 32.9 Å². The van der Waals surface area contributed by atoms with Crippen molar-refractivity contribution in [2.45, 2.75) is 30.2 Å². The SMILES string of the molecule is O=C(c1nnn(-c2ccc(Br)cc2)c1CSc1ncccn1)N1CCCCC1. The highest BCUT2D eigenvalue weighted by Gasteiger charge is 2.26. The van der Waals surface area contributed by atoms with E-state index in [1.54, 1.807) is 23.1 Å². The number of hydrogen-bond acceptors (Lipinski definition) is 6. The Morgan fingerprint density at radius 1 is 1.07 bits per heavy atom. The molecular formula is C19H19BrN6OS. The third-order valence-corrected chi connectivity index (χ3v) is 5.98. The summed E-state index contributed by atoms with van der Waals surface area (Å²) in [5, 5.41) is 9.21. The highest BCUT2D eigenvalue weighted by Crippen LogP contribution is 2.25. The van der Waals surface area contributed by atoms with Crippen LogP contribution in [-0.4, -0.2) is 48.9 Å². The fourth-order valence-electron chi connectivity index (χ4n) is 3.13. The van der Waals surface area contributed by atoms with E-state index in [2.05, 4.69) is 36.2 Å². The second-order valence-corrected chi connectivity index (χ2v) is 8.30. The lowest BCUT2D eigenvalue weighted by atomic mass is 10.1. The molecule has 3 aromatic rings. The topological polar surface area (TPSA) is 76.8 Å². The second-order valence-electron chi connectivity index (χ2n) is 6.45. The van der Waals surface area contributed by atoms with Crippen molar-refractivity contribution in [2.24, 2.45) is 0 Å². The molecule has 2 aromatic heterocycles. The largest absolute Gasteiger partial charge is 0.337 e. The Balaban J connectivity index is 1.66. The van der Waals surface area contributed by atoms with Crippen molar-refractivity contribution >= 4 is 33.6 Å². The average Bonchev–Trinajstić information content (AvgIpc) is 3.17. The summed E-state index contributed by atoms with van der Waals surface area (Å²) in [5.41, 5.74) is 2.03. The molecule has 1 saturated heterocycles. The van der Waals surface area contributed by atoms with Crippen LogP contribution in [0, 0.1) is 0 Å². The van der Waals surface area contributed by atoms with Gasteiger partial charge in [0.1, 0.15) is 0 Å². The molecule has 4 rings (SSSR count). The number of likely N-dealkylation sites (tertiary alicyclic amines) is 1. The first-order valence-electron chi connectivity index (χ1n) is 9.12. The lowest BCUT2D eigenvalue weighted by Gasteiger charge is -2.26. The maximum absolute atomic E-state index is 13.1. The maximum atomic E-state index is 13.1. The first-order chi connectivity index (χ1) is 13.7. The zero-order valence-corrected chi connectivity index (χ0v) is 17.6. The molecule has 144 valence electrons. The van der Waals surface area contributed by atoms with Gasteiger partial charge in [-0.2, -0.15) is 0 Å². The van der Waals surface area contributed by atoms with Crippen molar-refractivity contribution in [2.75, 3.05) is 13.1 Å². The van der Waals surface area contributed by atoms with E-state index in [4.69, 9.17) is 0 Å². The van der Waals surface area contributed by atoms with Crippen molar-refractivity contribution in [1.29, 1.82) is 0 Å². The number of amides is 1. The monoisotopic (exact) mass is 458 g/mol. The molecule has 0 aliphatic carbocycles. The fourth-order valence-corrected chi connectivity index (χ4v) is 4.19. The number of rotatable bonds is 5. The number of thioether (sulfide) groups is 1. The first kappa shape index (κ1) is 19.1. The maximum Gasteiger partial charge on any atom is 0.276 e. The summed E-state index contributed by atoms with van der Waals surface area (Å²) in [6, 6.07) is 9.56. The normalized spacial score (nSPS) is 14.2. The van der Waals surface area contributed by atoms with Gasteiger partial charge in [-0.15, -0.1) is 5.10 Å². The van der Waals surface area contributed by atoms with Crippen LogP contribution in [0.2, 0.25) is 0 Å². The molecule has 3 heterocycles. The highest BCUT2D eigenvalue weighted by atomic mass is 79.9. The van der Waals surface area contributed by atoms with Crippen molar-refractivity contribution in [1.82, 2.24) is 29.9 Å². The predicted molar refractivity (Wildman–Crippen MR) is 110 cm³/mol. The van der Waals surface area contributed by atoms with E-state index in [9.17, 15) is 4.79 Å². The van der Waals surface area contributed by atoms with Gasteiger partial charge in [0.25, 0.3) is 5.91 Å². The molecule has 0 N–H and O–H groups in total. The highest BCUT2D eigenvalue weighted by molar-refractivity contribution is 9.10. The van der Waals surface area contributed by atoms with Gasteiger partial charge < -0.3 is 4.90 Å². The molecule has 0 spiro atoms. The molecule has 9 heteroatoms. The van der Waals surface area contributed by atoms with Crippen LogP contribution < -0.4 is 0 Å². The summed E-state index contributed by atoms with van der Waals surface area (Å²) in [4.78, 5) is 23.5. The second kappa shape index (κ2) is 8.83. The Hall–Kier alpha value is -2.26. The van der Waals surface area contributed by atoms with Crippen molar-refractivity contribution in [3.8, 4) is 5.69 Å². The van der Waals surface area contributed by atoms with E-state index in [0.29, 0.717) is 16.6 Å². The Bertz CT molecular complexity index is 941. The Morgan fingerprint density at radius 3 is 2.50 bits per heavy atom. The van der Waals surface area contributed by atoms with Gasteiger partial charge in [-0.05, 0) is 49.6 Å². The summed E-state index contributed by atoms with van der Waals surface area (Å²) in [7, 11) is 0. The molecule has 0 unspecified atom stereocenters. The minimum atomic E-state index is -0.0485. The average molecular weight is 459 g/mol. The molecule has 1 aromatic carbocycles. The minimum absolute atomic E-state index is 0.0485. The van der Waals surface area contributed by atoms with Crippen LogP contribution in [0.1, 0.15) is 35.4 Å². The number of aromatic nitrogens is 5. The number of carbonyl (C=O) groups excluding carboxylic acids is 1. The van der Waals surface area contributed by atoms with Crippen LogP contribution in [0.3, 0.4) is 0 Å². The summed E-state index contributed by atoms with van der Waals surface area (Å²) >= 11 is 4.92. The summed E-state index contributed by atoms with van der Waals surface area (Å²) in [6.45, 7) is 1.55. The van der Waals surface area contributed by atoms with E-state index in [0.717, 1.165) is 41.8 Å². The van der Waals surface area contributed by atoms with E-state index in [1.165, 1.54) is 18.2 Å². The smallest absolute Gasteiger partial charge is 0.276 e. The molecule has 0 bridgehead atoms. The molecule has 0 radical (unpaired) electrons. The van der Waals surface area contributed by atoms with Crippen LogP contribution in [0.4, 0.5) is 0 Å². The lowest BCUT2D eigenvalue weighted by Crippen LogP contribution is -2.36. The van der Waals surface area contributed by atoms with Gasteiger partial charge in [-0.25, -0.2) is 14.6 Å². The first-order valence-corrected chi connectivity index (χ1v) is 10.9. The summed E-state index contributed by atoms with van der Waals surface area (Å²) < 4.78 is 2.72. The fraction of sp³-hybridized carbons (Fsp3) is 0.316. The number of halogens is 1. The van der Waals surface area contributed by atoms with Crippen LogP contribution in [0.15, 0.2) is 52.4 Å². The molecular weight excluding hydrogens is 440 g/mol. The van der Waals surface area contributed by atoms with E-state index >= 15 is 0 Å². The van der Waals surface area contributed by atoms with E-state index < -0.39 is 0 Å². The number of piperidine rings is 1. The van der Waals surface area contributed by atoms with Gasteiger partial charge in [0.2, 0.25) is 0 Å². The lowest BCUT2D eigenvalue weighted by molar-refractivity contribution is 0.0717. The Morgan fingerprint density at radius 2 is 1.79 bits per heavy atom. The molecule has 1 fully saturated rings. The van der Waals surface area contributed by atoms with Gasteiger partial charge in [-0.3, -0.25) is 4.79 Å². The van der Waals surface area contributed by atoms with Crippen LogP contribution >= 0.6 is 27.7 Å². The molecule has 28 heavy (non-hydrogen) atoms. The van der Waals surface area contributed by atoms with Crippen LogP contribution in [0.5, 0.6) is 0 Å². The van der Waals surface area contributed by atoms with Gasteiger partial charge in [0, 0.05) is 35.7 Å². The third kappa shape index (κ3) is 4.25.